The molecule has 3 heteroatoms. The smallest absolute Gasteiger partial charge is 0.0626 e. The first-order valence-corrected chi connectivity index (χ1v) is 6.69. The molecule has 3 N–H and O–H groups in total. The van der Waals surface area contributed by atoms with Gasteiger partial charge in [0.05, 0.1) is 12.1 Å². The van der Waals surface area contributed by atoms with Crippen LogP contribution in [-0.2, 0) is 0 Å². The molecule has 16 heavy (non-hydrogen) atoms. The van der Waals surface area contributed by atoms with E-state index in [1.807, 2.05) is 0 Å². The van der Waals surface area contributed by atoms with Gasteiger partial charge in [-0.2, -0.15) is 0 Å². The molecule has 0 aromatic rings. The molecule has 0 spiro atoms. The number of nitrogens with zero attached hydrogens (tertiary/aromatic N) is 1. The van der Waals surface area contributed by atoms with E-state index < -0.39 is 0 Å². The highest BCUT2D eigenvalue weighted by atomic mass is 16.3. The molecule has 0 amide bonds. The van der Waals surface area contributed by atoms with Crippen LogP contribution in [0, 0.1) is 11.8 Å². The van der Waals surface area contributed by atoms with E-state index in [2.05, 4.69) is 18.7 Å². The van der Waals surface area contributed by atoms with Crippen molar-refractivity contribution in [3.8, 4) is 0 Å². The third-order valence-electron chi connectivity index (χ3n) is 4.46. The molecule has 3 atom stereocenters. The molecule has 0 bridgehead atoms. The third kappa shape index (κ3) is 2.58. The lowest BCUT2D eigenvalue weighted by molar-refractivity contribution is 0.0669. The van der Waals surface area contributed by atoms with E-state index in [1.165, 1.54) is 25.7 Å². The molecule has 0 aromatic heterocycles. The van der Waals surface area contributed by atoms with E-state index in [9.17, 15) is 5.11 Å². The molecular formula is C13H26N2O. The zero-order chi connectivity index (χ0) is 11.8. The van der Waals surface area contributed by atoms with E-state index in [4.69, 9.17) is 5.73 Å². The van der Waals surface area contributed by atoms with Crippen molar-refractivity contribution < 1.29 is 5.11 Å². The summed E-state index contributed by atoms with van der Waals surface area (Å²) in [6, 6.07) is 0.622. The lowest BCUT2D eigenvalue weighted by atomic mass is 9.89. The van der Waals surface area contributed by atoms with Crippen LogP contribution in [0.15, 0.2) is 0 Å². The normalized spacial score (nSPS) is 36.0. The van der Waals surface area contributed by atoms with Crippen molar-refractivity contribution in [2.45, 2.75) is 51.1 Å². The molecule has 1 aliphatic carbocycles. The van der Waals surface area contributed by atoms with Gasteiger partial charge in [0.15, 0.2) is 0 Å². The predicted molar refractivity (Wildman–Crippen MR) is 66.2 cm³/mol. The monoisotopic (exact) mass is 226 g/mol. The average molecular weight is 226 g/mol. The van der Waals surface area contributed by atoms with Gasteiger partial charge in [0.25, 0.3) is 0 Å². The molecule has 1 heterocycles. The zero-order valence-corrected chi connectivity index (χ0v) is 10.7. The number of aliphatic hydroxyl groups is 1. The second-order valence-corrected chi connectivity index (χ2v) is 6.11. The topological polar surface area (TPSA) is 49.5 Å². The molecule has 1 saturated carbocycles. The summed E-state index contributed by atoms with van der Waals surface area (Å²) in [4.78, 5) is 2.48. The van der Waals surface area contributed by atoms with Crippen LogP contribution in [-0.4, -0.2) is 41.3 Å². The molecule has 2 aliphatic rings. The number of rotatable bonds is 4. The van der Waals surface area contributed by atoms with Crippen LogP contribution < -0.4 is 5.73 Å². The van der Waals surface area contributed by atoms with Crippen LogP contribution in [0.25, 0.3) is 0 Å². The minimum Gasteiger partial charge on any atom is -0.394 e. The fraction of sp³-hybridized carbons (Fsp3) is 1.00. The molecule has 2 fully saturated rings. The van der Waals surface area contributed by atoms with E-state index in [1.54, 1.807) is 0 Å². The van der Waals surface area contributed by atoms with Gasteiger partial charge in [0, 0.05) is 12.6 Å². The van der Waals surface area contributed by atoms with Gasteiger partial charge < -0.3 is 10.8 Å². The summed E-state index contributed by atoms with van der Waals surface area (Å²) >= 11 is 0. The third-order valence-corrected chi connectivity index (χ3v) is 4.46. The SMILES string of the molecule is CC1CCN(CC(N)(CO)C2CC2)C(C)C1. The standard InChI is InChI=1S/C13H26N2O/c1-10-5-6-15(11(2)7-10)8-13(14,9-16)12-3-4-12/h10-12,16H,3-9,14H2,1-2H3. The zero-order valence-electron chi connectivity index (χ0n) is 10.7. The number of nitrogens with two attached hydrogens (primary N) is 1. The Morgan fingerprint density at radius 1 is 1.31 bits per heavy atom. The van der Waals surface area contributed by atoms with Gasteiger partial charge in [-0.3, -0.25) is 4.90 Å². The highest BCUT2D eigenvalue weighted by Crippen LogP contribution is 2.39. The number of hydrogen-bond acceptors (Lipinski definition) is 3. The predicted octanol–water partition coefficient (Wildman–Crippen LogP) is 1.21. The Morgan fingerprint density at radius 2 is 2.00 bits per heavy atom. The first-order chi connectivity index (χ1) is 7.55. The van der Waals surface area contributed by atoms with Gasteiger partial charge in [-0.1, -0.05) is 6.92 Å². The second-order valence-electron chi connectivity index (χ2n) is 6.11. The Morgan fingerprint density at radius 3 is 2.50 bits per heavy atom. The van der Waals surface area contributed by atoms with E-state index in [-0.39, 0.29) is 12.1 Å². The lowest BCUT2D eigenvalue weighted by Crippen LogP contribution is -2.57. The number of piperidine rings is 1. The summed E-state index contributed by atoms with van der Waals surface area (Å²) < 4.78 is 0. The van der Waals surface area contributed by atoms with Crippen molar-refractivity contribution in [1.29, 1.82) is 0 Å². The van der Waals surface area contributed by atoms with Gasteiger partial charge in [-0.15, -0.1) is 0 Å². The molecular weight excluding hydrogens is 200 g/mol. The first kappa shape index (κ1) is 12.3. The Balaban J connectivity index is 1.92. The molecule has 2 rings (SSSR count). The average Bonchev–Trinajstić information content (AvgIpc) is 3.06. The van der Waals surface area contributed by atoms with Crippen molar-refractivity contribution in [2.75, 3.05) is 19.7 Å². The van der Waals surface area contributed by atoms with E-state index >= 15 is 0 Å². The Hall–Kier alpha value is -0.120. The van der Waals surface area contributed by atoms with Crippen molar-refractivity contribution in [3.05, 3.63) is 0 Å². The van der Waals surface area contributed by atoms with Crippen LogP contribution in [0.2, 0.25) is 0 Å². The van der Waals surface area contributed by atoms with Crippen LogP contribution in [0.5, 0.6) is 0 Å². The van der Waals surface area contributed by atoms with Gasteiger partial charge in [0.1, 0.15) is 0 Å². The molecule has 1 saturated heterocycles. The van der Waals surface area contributed by atoms with Crippen molar-refractivity contribution in [1.82, 2.24) is 4.90 Å². The van der Waals surface area contributed by atoms with Crippen LogP contribution in [0.1, 0.15) is 39.5 Å². The first-order valence-electron chi connectivity index (χ1n) is 6.69. The number of likely N-dealkylation sites (tertiary alicyclic amines) is 1. The second kappa shape index (κ2) is 4.63. The molecule has 1 aliphatic heterocycles. The number of hydrogen-bond donors (Lipinski definition) is 2. The molecule has 3 nitrogen and oxygen atoms in total. The van der Waals surface area contributed by atoms with Crippen LogP contribution in [0.4, 0.5) is 0 Å². The van der Waals surface area contributed by atoms with E-state index in [0.717, 1.165) is 19.0 Å². The highest BCUT2D eigenvalue weighted by Gasteiger charge is 2.43. The lowest BCUT2D eigenvalue weighted by Gasteiger charge is -2.41. The van der Waals surface area contributed by atoms with Gasteiger partial charge >= 0.3 is 0 Å². The van der Waals surface area contributed by atoms with Crippen molar-refractivity contribution in [2.24, 2.45) is 17.6 Å². The Kier molecular flexibility index (Phi) is 3.57. The molecule has 3 unspecified atom stereocenters. The summed E-state index contributed by atoms with van der Waals surface area (Å²) in [6.07, 6.45) is 4.95. The highest BCUT2D eigenvalue weighted by molar-refractivity contribution is 5.01. The summed E-state index contributed by atoms with van der Waals surface area (Å²) in [5, 5.41) is 9.51. The summed E-state index contributed by atoms with van der Waals surface area (Å²) in [7, 11) is 0. The minimum atomic E-state index is -0.338. The van der Waals surface area contributed by atoms with Gasteiger partial charge in [-0.25, -0.2) is 0 Å². The fourth-order valence-electron chi connectivity index (χ4n) is 3.04. The fourth-order valence-corrected chi connectivity index (χ4v) is 3.04. The van der Waals surface area contributed by atoms with Gasteiger partial charge in [0.2, 0.25) is 0 Å². The Labute approximate surface area is 99.0 Å². The van der Waals surface area contributed by atoms with Crippen LogP contribution >= 0.6 is 0 Å². The summed E-state index contributed by atoms with van der Waals surface area (Å²) in [6.45, 7) is 6.78. The molecule has 94 valence electrons. The minimum absolute atomic E-state index is 0.135. The summed E-state index contributed by atoms with van der Waals surface area (Å²) in [5.74, 6) is 1.40. The number of aliphatic hydroxyl groups excluding tert-OH is 1. The quantitative estimate of drug-likeness (QED) is 0.757. The Bertz CT molecular complexity index is 242. The van der Waals surface area contributed by atoms with Crippen LogP contribution in [0.3, 0.4) is 0 Å². The maximum absolute atomic E-state index is 9.51. The molecule has 0 aromatic carbocycles. The molecule has 0 radical (unpaired) electrons. The van der Waals surface area contributed by atoms with E-state index in [0.29, 0.717) is 12.0 Å². The maximum Gasteiger partial charge on any atom is 0.0626 e. The van der Waals surface area contributed by atoms with Crippen molar-refractivity contribution in [3.63, 3.8) is 0 Å². The maximum atomic E-state index is 9.51. The largest absolute Gasteiger partial charge is 0.394 e. The van der Waals surface area contributed by atoms with Gasteiger partial charge in [-0.05, 0) is 51.0 Å². The van der Waals surface area contributed by atoms with Crippen molar-refractivity contribution >= 4 is 0 Å². The summed E-state index contributed by atoms with van der Waals surface area (Å²) in [5.41, 5.74) is 6.00.